The van der Waals surface area contributed by atoms with Crippen LogP contribution in [0.2, 0.25) is 0 Å². The van der Waals surface area contributed by atoms with Crippen molar-refractivity contribution in [1.29, 1.82) is 0 Å². The lowest BCUT2D eigenvalue weighted by Gasteiger charge is -2.29. The van der Waals surface area contributed by atoms with Gasteiger partial charge in [-0.15, -0.1) is 0 Å². The summed E-state index contributed by atoms with van der Waals surface area (Å²) in [6, 6.07) is 1.24. The maximum absolute atomic E-state index is 14.2. The first kappa shape index (κ1) is 52.2. The monoisotopic (exact) mass is 876 g/mol. The molecule has 1 saturated carbocycles. The van der Waals surface area contributed by atoms with Crippen LogP contribution in [0.1, 0.15) is 104 Å². The highest BCUT2D eigenvalue weighted by molar-refractivity contribution is 7.98. The number of benzene rings is 1. The smallest absolute Gasteiger partial charge is 0.247 e. The summed E-state index contributed by atoms with van der Waals surface area (Å²) in [6.07, 6.45) is 7.56. The van der Waals surface area contributed by atoms with Crippen LogP contribution in [0.3, 0.4) is 0 Å². The normalized spacial score (nSPS) is 16.3. The van der Waals surface area contributed by atoms with Gasteiger partial charge in [-0.25, -0.2) is 0 Å². The number of hydrogen-bond acceptors (Lipinski definition) is 11. The number of aliphatic imine (C=N–C) groups is 1. The molecule has 1 aliphatic rings. The first-order valence-corrected chi connectivity index (χ1v) is 22.4. The van der Waals surface area contributed by atoms with E-state index in [1.54, 1.807) is 30.3 Å². The number of amides is 7. The van der Waals surface area contributed by atoms with E-state index in [4.69, 9.17) is 17.2 Å². The van der Waals surface area contributed by atoms with E-state index in [1.165, 1.54) is 25.6 Å². The summed E-state index contributed by atoms with van der Waals surface area (Å²) < 4.78 is 0. The predicted molar refractivity (Wildman–Crippen MR) is 235 cm³/mol. The van der Waals surface area contributed by atoms with Gasteiger partial charge in [-0.05, 0) is 68.4 Å². The molecule has 0 aliphatic heterocycles. The third-order valence-electron chi connectivity index (χ3n) is 10.1. The molecule has 20 heteroatoms. The molecule has 0 unspecified atom stereocenters. The maximum Gasteiger partial charge on any atom is 0.247 e. The molecule has 0 radical (unpaired) electrons. The van der Waals surface area contributed by atoms with E-state index in [9.17, 15) is 38.7 Å². The topological polar surface area (TPSA) is 314 Å². The van der Waals surface area contributed by atoms with Crippen molar-refractivity contribution in [3.8, 4) is 0 Å². The quantitative estimate of drug-likeness (QED) is 0.0244. The minimum Gasteiger partial charge on any atom is -0.394 e. The summed E-state index contributed by atoms with van der Waals surface area (Å²) in [6.45, 7) is 6.01. The number of guanidine groups is 1. The average molecular weight is 876 g/mol. The lowest BCUT2D eigenvalue weighted by molar-refractivity contribution is -0.135. The molecule has 2 rings (SSSR count). The predicted octanol–water partition coefficient (Wildman–Crippen LogP) is -0.476. The zero-order chi connectivity index (χ0) is 45.5. The Morgan fingerprint density at radius 1 is 0.738 bits per heavy atom. The van der Waals surface area contributed by atoms with Crippen molar-refractivity contribution in [3.05, 3.63) is 35.9 Å². The van der Waals surface area contributed by atoms with Crippen molar-refractivity contribution < 1.29 is 38.7 Å². The summed E-state index contributed by atoms with van der Waals surface area (Å²) in [7, 11) is 0. The molecule has 1 aromatic rings. The number of carbonyl (C=O) groups excluding carboxylic acids is 7. The van der Waals surface area contributed by atoms with Crippen LogP contribution in [0.5, 0.6) is 0 Å². The van der Waals surface area contributed by atoms with Gasteiger partial charge in [0.25, 0.3) is 0 Å². The first-order chi connectivity index (χ1) is 28.9. The third-order valence-corrected chi connectivity index (χ3v) is 10.8. The van der Waals surface area contributed by atoms with Crippen molar-refractivity contribution in [3.63, 3.8) is 0 Å². The van der Waals surface area contributed by atoms with E-state index >= 15 is 0 Å². The third kappa shape index (κ3) is 20.0. The molecule has 14 N–H and O–H groups in total. The van der Waals surface area contributed by atoms with Gasteiger partial charge in [-0.1, -0.05) is 76.3 Å². The number of aliphatic hydroxyl groups excluding tert-OH is 1. The number of carbonyl (C=O) groups is 7. The van der Waals surface area contributed by atoms with Gasteiger partial charge in [0.05, 0.1) is 12.8 Å². The van der Waals surface area contributed by atoms with E-state index in [0.29, 0.717) is 24.2 Å². The zero-order valence-electron chi connectivity index (χ0n) is 36.2. The fourth-order valence-corrected chi connectivity index (χ4v) is 7.42. The van der Waals surface area contributed by atoms with Gasteiger partial charge in [0.15, 0.2) is 5.96 Å². The Bertz CT molecular complexity index is 1610. The maximum atomic E-state index is 14.2. The van der Waals surface area contributed by atoms with Gasteiger partial charge in [0.2, 0.25) is 41.4 Å². The molecule has 1 aromatic carbocycles. The molecular formula is C41H69N11O8S. The summed E-state index contributed by atoms with van der Waals surface area (Å²) in [5.41, 5.74) is 17.3. The minimum absolute atomic E-state index is 0.0793. The van der Waals surface area contributed by atoms with Gasteiger partial charge >= 0.3 is 0 Å². The summed E-state index contributed by atoms with van der Waals surface area (Å²) >= 11 is 1.42. The number of nitrogens with two attached hydrogens (primary N) is 3. The molecule has 1 fully saturated rings. The molecule has 1 aliphatic carbocycles. The average Bonchev–Trinajstić information content (AvgIpc) is 3.20. The Morgan fingerprint density at radius 2 is 1.31 bits per heavy atom. The van der Waals surface area contributed by atoms with Crippen molar-refractivity contribution in [2.75, 3.05) is 25.2 Å². The molecule has 0 bridgehead atoms. The second-order valence-corrected chi connectivity index (χ2v) is 16.9. The largest absolute Gasteiger partial charge is 0.394 e. The number of nitrogens with one attached hydrogen (secondary N) is 7. The van der Waals surface area contributed by atoms with E-state index in [0.717, 1.165) is 32.1 Å². The summed E-state index contributed by atoms with van der Waals surface area (Å²) in [5.74, 6) is -3.83. The minimum atomic E-state index is -1.34. The van der Waals surface area contributed by atoms with Crippen LogP contribution in [0, 0.1) is 11.8 Å². The SMILES string of the molecule is CSCC[C@H](NC(=O)[C@@H](NC(=O)[C@H](CCCN=C(N)N)NC(=O)[C@H](CC1CCCCC1)NC(C)=O)c1ccccc1)C(=O)N[C@@H](C)C(=O)N[C@@H](CO)C(=O)N[C@H](N)CC(C)C. The Kier molecular flexibility index (Phi) is 23.8. The highest BCUT2D eigenvalue weighted by Crippen LogP contribution is 2.27. The lowest BCUT2D eigenvalue weighted by atomic mass is 9.84. The Hall–Kier alpha value is -4.95. The van der Waals surface area contributed by atoms with Crippen LogP contribution in [0.4, 0.5) is 0 Å². The van der Waals surface area contributed by atoms with E-state index in [1.807, 2.05) is 20.1 Å². The second kappa shape index (κ2) is 27.8. The zero-order valence-corrected chi connectivity index (χ0v) is 37.0. The van der Waals surface area contributed by atoms with Gasteiger partial charge in [-0.2, -0.15) is 11.8 Å². The van der Waals surface area contributed by atoms with Crippen LogP contribution in [0.25, 0.3) is 0 Å². The van der Waals surface area contributed by atoms with Crippen molar-refractivity contribution >= 4 is 59.1 Å². The number of nitrogens with zero attached hydrogens (tertiary/aromatic N) is 1. The number of aliphatic hydroxyl groups is 1. The summed E-state index contributed by atoms with van der Waals surface area (Å²) in [5, 5.41) is 28.4. The highest BCUT2D eigenvalue weighted by Gasteiger charge is 2.34. The molecule has 61 heavy (non-hydrogen) atoms. The van der Waals surface area contributed by atoms with Crippen LogP contribution in [0.15, 0.2) is 35.3 Å². The van der Waals surface area contributed by atoms with Gasteiger partial charge < -0.3 is 59.5 Å². The second-order valence-electron chi connectivity index (χ2n) is 15.9. The molecule has 342 valence electrons. The van der Waals surface area contributed by atoms with Crippen LogP contribution < -0.4 is 54.4 Å². The van der Waals surface area contributed by atoms with E-state index in [2.05, 4.69) is 42.2 Å². The fourth-order valence-electron chi connectivity index (χ4n) is 6.95. The van der Waals surface area contributed by atoms with Crippen molar-refractivity contribution in [1.82, 2.24) is 37.2 Å². The lowest BCUT2D eigenvalue weighted by Crippen LogP contribution is -2.59. The standard InChI is InChI=1S/C41H69N11O8S/c1-24(2)21-33(42)51-39(59)32(23-53)50-35(55)25(3)46-36(56)30(18-20-61-5)49-40(60)34(28-15-10-7-11-16-28)52-37(57)29(17-12-19-45-41(43)44)48-38(58)31(47-26(4)54)22-27-13-8-6-9-14-27/h7,10-11,15-16,24-25,27,29-34,53H,6,8-9,12-14,17-23,42H2,1-5H3,(H,46,56)(H,47,54)(H,48,58)(H,49,60)(H,50,55)(H,51,59)(H,52,57)(H4,43,44,45)/t25-,29-,30-,31-,32-,33-,34-/m0/s1. The van der Waals surface area contributed by atoms with Crippen LogP contribution in [-0.4, -0.2) is 114 Å². The Morgan fingerprint density at radius 3 is 1.90 bits per heavy atom. The molecule has 0 heterocycles. The molecule has 7 amide bonds. The fraction of sp³-hybridized carbons (Fsp3) is 0.659. The first-order valence-electron chi connectivity index (χ1n) is 21.0. The van der Waals surface area contributed by atoms with Gasteiger partial charge in [-0.3, -0.25) is 38.6 Å². The number of rotatable bonds is 26. The van der Waals surface area contributed by atoms with Crippen LogP contribution in [-0.2, 0) is 33.6 Å². The Labute approximate surface area is 363 Å². The molecular weight excluding hydrogens is 807 g/mol. The van der Waals surface area contributed by atoms with Gasteiger partial charge in [0, 0.05) is 13.5 Å². The molecule has 0 spiro atoms. The highest BCUT2D eigenvalue weighted by atomic mass is 32.2. The number of hydrogen-bond donors (Lipinski definition) is 11. The molecule has 19 nitrogen and oxygen atoms in total. The van der Waals surface area contributed by atoms with Gasteiger partial charge in [0.1, 0.15) is 36.3 Å². The number of thioether (sulfide) groups is 1. The Balaban J connectivity index is 2.30. The summed E-state index contributed by atoms with van der Waals surface area (Å²) in [4.78, 5) is 97.7. The van der Waals surface area contributed by atoms with Crippen molar-refractivity contribution in [2.45, 2.75) is 134 Å². The van der Waals surface area contributed by atoms with Crippen molar-refractivity contribution in [2.24, 2.45) is 34.0 Å². The molecule has 7 atom stereocenters. The molecule has 0 aromatic heterocycles. The van der Waals surface area contributed by atoms with E-state index in [-0.39, 0.29) is 49.5 Å². The van der Waals surface area contributed by atoms with E-state index < -0.39 is 84.5 Å². The molecule has 0 saturated heterocycles. The van der Waals surface area contributed by atoms with Crippen LogP contribution >= 0.6 is 11.8 Å².